The van der Waals surface area contributed by atoms with Gasteiger partial charge in [-0.15, -0.1) is 11.3 Å². The Balaban J connectivity index is 2.29. The highest BCUT2D eigenvalue weighted by molar-refractivity contribution is 9.10. The molecule has 0 spiro atoms. The normalized spacial score (nSPS) is 22.1. The van der Waals surface area contributed by atoms with E-state index in [1.807, 2.05) is 6.07 Å². The molecule has 1 saturated carbocycles. The van der Waals surface area contributed by atoms with Crippen molar-refractivity contribution >= 4 is 44.7 Å². The summed E-state index contributed by atoms with van der Waals surface area (Å²) >= 11 is 10.7. The molecule has 0 aliphatic heterocycles. The Kier molecular flexibility index (Phi) is 2.81. The molecule has 0 amide bonds. The number of hydrogen-bond donors (Lipinski definition) is 0. The highest BCUT2D eigenvalue weighted by Gasteiger charge is 2.68. The molecule has 1 aromatic rings. The number of carbonyl (C=O) groups is 1. The van der Waals surface area contributed by atoms with Crippen LogP contribution < -0.4 is 0 Å². The summed E-state index contributed by atoms with van der Waals surface area (Å²) in [6.07, 6.45) is 0. The second-order valence-corrected chi connectivity index (χ2v) is 7.98. The molecule has 0 unspecified atom stereocenters. The van der Waals surface area contributed by atoms with Crippen molar-refractivity contribution < 1.29 is 4.79 Å². The minimum Gasteiger partial charge on any atom is -0.293 e. The van der Waals surface area contributed by atoms with Gasteiger partial charge in [-0.25, -0.2) is 0 Å². The summed E-state index contributed by atoms with van der Waals surface area (Å²) in [6.45, 7) is 8.61. The van der Waals surface area contributed by atoms with E-state index in [1.54, 1.807) is 0 Å². The Morgan fingerprint density at radius 2 is 1.88 bits per heavy atom. The molecule has 88 valence electrons. The van der Waals surface area contributed by atoms with Gasteiger partial charge >= 0.3 is 0 Å². The van der Waals surface area contributed by atoms with E-state index >= 15 is 0 Å². The van der Waals surface area contributed by atoms with Crippen molar-refractivity contribution in [2.24, 2.45) is 16.7 Å². The van der Waals surface area contributed by atoms with Gasteiger partial charge in [0.1, 0.15) is 4.34 Å². The first kappa shape index (κ1) is 12.6. The molecule has 0 N–H and O–H groups in total. The fourth-order valence-corrected chi connectivity index (χ4v) is 4.13. The molecule has 0 atom stereocenters. The Labute approximate surface area is 113 Å². The van der Waals surface area contributed by atoms with Gasteiger partial charge in [-0.3, -0.25) is 4.79 Å². The summed E-state index contributed by atoms with van der Waals surface area (Å²) < 4.78 is 1.47. The number of thiophene rings is 1. The summed E-state index contributed by atoms with van der Waals surface area (Å²) in [5, 5.41) is 0. The molecule has 16 heavy (non-hydrogen) atoms. The van der Waals surface area contributed by atoms with Crippen LogP contribution in [0.2, 0.25) is 4.34 Å². The van der Waals surface area contributed by atoms with Gasteiger partial charge < -0.3 is 0 Å². The predicted molar refractivity (Wildman–Crippen MR) is 72.4 cm³/mol. The van der Waals surface area contributed by atoms with Crippen LogP contribution in [0.15, 0.2) is 10.5 Å². The van der Waals surface area contributed by atoms with Gasteiger partial charge in [-0.1, -0.05) is 39.3 Å². The lowest BCUT2D eigenvalue weighted by atomic mass is 10.0. The third-order valence-corrected chi connectivity index (χ3v) is 6.66. The summed E-state index contributed by atoms with van der Waals surface area (Å²) in [6, 6.07) is 1.83. The zero-order valence-corrected chi connectivity index (χ0v) is 12.9. The molecule has 0 aromatic carbocycles. The molecular formula is C12H14BrClOS. The summed E-state index contributed by atoms with van der Waals surface area (Å²) in [7, 11) is 0. The van der Waals surface area contributed by atoms with Crippen LogP contribution >= 0.6 is 38.9 Å². The molecule has 1 heterocycles. The lowest BCUT2D eigenvalue weighted by Crippen LogP contribution is -2.05. The monoisotopic (exact) mass is 320 g/mol. The van der Waals surface area contributed by atoms with Crippen molar-refractivity contribution in [2.75, 3.05) is 0 Å². The van der Waals surface area contributed by atoms with Crippen LogP contribution in [0.5, 0.6) is 0 Å². The molecular weight excluding hydrogens is 308 g/mol. The van der Waals surface area contributed by atoms with Crippen LogP contribution in [0.3, 0.4) is 0 Å². The van der Waals surface area contributed by atoms with E-state index in [4.69, 9.17) is 11.6 Å². The van der Waals surface area contributed by atoms with Gasteiger partial charge in [-0.2, -0.15) is 0 Å². The smallest absolute Gasteiger partial charge is 0.177 e. The Morgan fingerprint density at radius 1 is 1.38 bits per heavy atom. The van der Waals surface area contributed by atoms with Crippen LogP contribution in [0.25, 0.3) is 0 Å². The summed E-state index contributed by atoms with van der Waals surface area (Å²) in [5.41, 5.74) is 0.181. The van der Waals surface area contributed by atoms with Crippen molar-refractivity contribution in [3.63, 3.8) is 0 Å². The number of Topliss-reactive ketones (excluding diaryl/α,β-unsaturated/α-hetero) is 1. The maximum atomic E-state index is 12.3. The first-order chi connectivity index (χ1) is 7.19. The molecule has 2 rings (SSSR count). The highest BCUT2D eigenvalue weighted by atomic mass is 79.9. The number of ketones is 1. The molecule has 4 heteroatoms. The molecule has 0 bridgehead atoms. The molecule has 1 aliphatic rings. The zero-order valence-electron chi connectivity index (χ0n) is 9.73. The quantitative estimate of drug-likeness (QED) is 0.698. The van der Waals surface area contributed by atoms with Crippen molar-refractivity contribution in [2.45, 2.75) is 27.7 Å². The van der Waals surface area contributed by atoms with E-state index in [9.17, 15) is 4.79 Å². The minimum absolute atomic E-state index is 0.0903. The van der Waals surface area contributed by atoms with Crippen LogP contribution in [-0.4, -0.2) is 5.78 Å². The lowest BCUT2D eigenvalue weighted by Gasteiger charge is -2.03. The molecule has 1 nitrogen and oxygen atoms in total. The third kappa shape index (κ3) is 1.59. The van der Waals surface area contributed by atoms with E-state index in [2.05, 4.69) is 43.6 Å². The molecule has 1 aromatic heterocycles. The number of halogens is 2. The zero-order chi connectivity index (χ0) is 12.3. The fourth-order valence-electron chi connectivity index (χ4n) is 2.46. The van der Waals surface area contributed by atoms with E-state index < -0.39 is 0 Å². The van der Waals surface area contributed by atoms with Crippen molar-refractivity contribution in [3.05, 3.63) is 19.8 Å². The van der Waals surface area contributed by atoms with Crippen LogP contribution in [0.1, 0.15) is 37.4 Å². The van der Waals surface area contributed by atoms with E-state index in [0.717, 1.165) is 9.35 Å². The summed E-state index contributed by atoms with van der Waals surface area (Å²) in [5.74, 6) is 0.342. The average Bonchev–Trinajstić information content (AvgIpc) is 2.39. The van der Waals surface area contributed by atoms with Crippen molar-refractivity contribution in [3.8, 4) is 0 Å². The van der Waals surface area contributed by atoms with E-state index in [-0.39, 0.29) is 22.5 Å². The Morgan fingerprint density at radius 3 is 2.19 bits per heavy atom. The maximum absolute atomic E-state index is 12.3. The Hall–Kier alpha value is 0.140. The molecule has 0 radical (unpaired) electrons. The van der Waals surface area contributed by atoms with Crippen molar-refractivity contribution in [1.29, 1.82) is 0 Å². The summed E-state index contributed by atoms with van der Waals surface area (Å²) in [4.78, 5) is 13.1. The van der Waals surface area contributed by atoms with E-state index in [1.165, 1.54) is 11.3 Å². The number of hydrogen-bond acceptors (Lipinski definition) is 2. The number of carbonyl (C=O) groups excluding carboxylic acids is 1. The van der Waals surface area contributed by atoms with Gasteiger partial charge in [0.2, 0.25) is 0 Å². The minimum atomic E-state index is 0.0903. The van der Waals surface area contributed by atoms with Crippen LogP contribution in [0.4, 0.5) is 0 Å². The molecule has 0 saturated heterocycles. The Bertz CT molecular complexity index is 428. The van der Waals surface area contributed by atoms with Gasteiger partial charge in [-0.05, 0) is 32.8 Å². The van der Waals surface area contributed by atoms with E-state index in [0.29, 0.717) is 4.34 Å². The maximum Gasteiger partial charge on any atom is 0.177 e. The third-order valence-electron chi connectivity index (χ3n) is 4.17. The van der Waals surface area contributed by atoms with Gasteiger partial charge in [0.05, 0.1) is 4.88 Å². The molecule has 1 aliphatic carbocycles. The van der Waals surface area contributed by atoms with Crippen LogP contribution in [-0.2, 0) is 0 Å². The van der Waals surface area contributed by atoms with Gasteiger partial charge in [0.15, 0.2) is 5.78 Å². The fraction of sp³-hybridized carbons (Fsp3) is 0.583. The van der Waals surface area contributed by atoms with Crippen molar-refractivity contribution in [1.82, 2.24) is 0 Å². The topological polar surface area (TPSA) is 17.1 Å². The van der Waals surface area contributed by atoms with Crippen LogP contribution in [0, 0.1) is 16.7 Å². The predicted octanol–water partition coefficient (Wildman–Crippen LogP) is 5.03. The largest absolute Gasteiger partial charge is 0.293 e. The lowest BCUT2D eigenvalue weighted by molar-refractivity contribution is 0.0949. The second kappa shape index (κ2) is 3.56. The second-order valence-electron chi connectivity index (χ2n) is 5.47. The first-order valence-electron chi connectivity index (χ1n) is 5.18. The number of rotatable bonds is 2. The first-order valence-corrected chi connectivity index (χ1v) is 7.17. The van der Waals surface area contributed by atoms with Gasteiger partial charge in [0, 0.05) is 10.4 Å². The standard InChI is InChI=1S/C12H14BrClOS/c1-11(2)9(12(11,3)4)8(15)7-5-6(13)10(14)16-7/h5,9H,1-4H3. The average molecular weight is 322 g/mol. The molecule has 1 fully saturated rings. The highest BCUT2D eigenvalue weighted by Crippen LogP contribution is 2.69. The SMILES string of the molecule is CC1(C)C(C(=O)c2cc(Br)c(Cl)s2)C1(C)C. The van der Waals surface area contributed by atoms with Gasteiger partial charge in [0.25, 0.3) is 0 Å².